The SMILES string of the molecule is COc1ccccc1OCCNCCc1ccsc1. The zero-order valence-corrected chi connectivity index (χ0v) is 11.9. The number of rotatable bonds is 8. The predicted octanol–water partition coefficient (Wildman–Crippen LogP) is 2.97. The second kappa shape index (κ2) is 7.81. The molecule has 0 bridgehead atoms. The summed E-state index contributed by atoms with van der Waals surface area (Å²) in [5, 5.41) is 7.67. The van der Waals surface area contributed by atoms with Gasteiger partial charge in [0.25, 0.3) is 0 Å². The maximum Gasteiger partial charge on any atom is 0.161 e. The van der Waals surface area contributed by atoms with Crippen molar-refractivity contribution in [3.8, 4) is 11.5 Å². The summed E-state index contributed by atoms with van der Waals surface area (Å²) in [6.45, 7) is 2.46. The number of thiophene rings is 1. The highest BCUT2D eigenvalue weighted by atomic mass is 32.1. The van der Waals surface area contributed by atoms with Gasteiger partial charge in [0.15, 0.2) is 11.5 Å². The predicted molar refractivity (Wildman–Crippen MR) is 79.4 cm³/mol. The van der Waals surface area contributed by atoms with Crippen molar-refractivity contribution in [2.24, 2.45) is 0 Å². The Kier molecular flexibility index (Phi) is 5.72. The lowest BCUT2D eigenvalue weighted by Crippen LogP contribution is -2.23. The van der Waals surface area contributed by atoms with E-state index in [-0.39, 0.29) is 0 Å². The van der Waals surface area contributed by atoms with Crippen molar-refractivity contribution in [2.75, 3.05) is 26.8 Å². The highest BCUT2D eigenvalue weighted by Crippen LogP contribution is 2.25. The molecule has 1 aromatic heterocycles. The van der Waals surface area contributed by atoms with Crippen LogP contribution in [0.4, 0.5) is 0 Å². The Balaban J connectivity index is 1.61. The molecule has 19 heavy (non-hydrogen) atoms. The highest BCUT2D eigenvalue weighted by molar-refractivity contribution is 7.07. The van der Waals surface area contributed by atoms with Gasteiger partial charge in [-0.25, -0.2) is 0 Å². The number of para-hydroxylation sites is 2. The van der Waals surface area contributed by atoms with Crippen molar-refractivity contribution in [2.45, 2.75) is 6.42 Å². The van der Waals surface area contributed by atoms with Crippen LogP contribution in [0.15, 0.2) is 41.1 Å². The van der Waals surface area contributed by atoms with E-state index in [4.69, 9.17) is 9.47 Å². The van der Waals surface area contributed by atoms with Crippen molar-refractivity contribution in [3.63, 3.8) is 0 Å². The van der Waals surface area contributed by atoms with Gasteiger partial charge in [0, 0.05) is 6.54 Å². The molecular weight excluding hydrogens is 258 g/mol. The monoisotopic (exact) mass is 277 g/mol. The molecule has 1 N–H and O–H groups in total. The molecule has 0 aliphatic carbocycles. The van der Waals surface area contributed by atoms with Crippen molar-refractivity contribution in [1.82, 2.24) is 5.32 Å². The van der Waals surface area contributed by atoms with Gasteiger partial charge in [0.1, 0.15) is 6.61 Å². The molecule has 1 heterocycles. The maximum absolute atomic E-state index is 5.68. The fourth-order valence-electron chi connectivity index (χ4n) is 1.76. The Morgan fingerprint density at radius 1 is 1.11 bits per heavy atom. The van der Waals surface area contributed by atoms with Crippen LogP contribution in [0, 0.1) is 0 Å². The third-order valence-corrected chi connectivity index (χ3v) is 3.51. The summed E-state index contributed by atoms with van der Waals surface area (Å²) in [5.74, 6) is 1.57. The van der Waals surface area contributed by atoms with Crippen LogP contribution in [-0.4, -0.2) is 26.8 Å². The van der Waals surface area contributed by atoms with Gasteiger partial charge in [-0.2, -0.15) is 11.3 Å². The van der Waals surface area contributed by atoms with Crippen LogP contribution < -0.4 is 14.8 Å². The lowest BCUT2D eigenvalue weighted by molar-refractivity contribution is 0.292. The van der Waals surface area contributed by atoms with Crippen LogP contribution >= 0.6 is 11.3 Å². The molecule has 2 aromatic rings. The van der Waals surface area contributed by atoms with E-state index in [2.05, 4.69) is 22.1 Å². The van der Waals surface area contributed by atoms with Crippen LogP contribution in [0.3, 0.4) is 0 Å². The first kappa shape index (κ1) is 13.9. The topological polar surface area (TPSA) is 30.5 Å². The fourth-order valence-corrected chi connectivity index (χ4v) is 2.47. The third kappa shape index (κ3) is 4.58. The lowest BCUT2D eigenvalue weighted by Gasteiger charge is -2.10. The lowest BCUT2D eigenvalue weighted by atomic mass is 10.2. The molecule has 1 aromatic carbocycles. The third-order valence-electron chi connectivity index (χ3n) is 2.78. The summed E-state index contributed by atoms with van der Waals surface area (Å²) >= 11 is 1.74. The average Bonchev–Trinajstić information content (AvgIpc) is 2.96. The smallest absolute Gasteiger partial charge is 0.161 e. The van der Waals surface area contributed by atoms with Crippen LogP contribution in [0.5, 0.6) is 11.5 Å². The summed E-state index contributed by atoms with van der Waals surface area (Å²) in [5.41, 5.74) is 1.39. The van der Waals surface area contributed by atoms with E-state index in [0.29, 0.717) is 6.61 Å². The molecule has 0 saturated carbocycles. The van der Waals surface area contributed by atoms with Gasteiger partial charge < -0.3 is 14.8 Å². The van der Waals surface area contributed by atoms with Gasteiger partial charge >= 0.3 is 0 Å². The Labute approximate surface area is 118 Å². The fraction of sp³-hybridized carbons (Fsp3) is 0.333. The van der Waals surface area contributed by atoms with E-state index in [9.17, 15) is 0 Å². The van der Waals surface area contributed by atoms with Gasteiger partial charge in [-0.15, -0.1) is 0 Å². The Hall–Kier alpha value is -1.52. The van der Waals surface area contributed by atoms with E-state index in [1.54, 1.807) is 18.4 Å². The van der Waals surface area contributed by atoms with Crippen molar-refractivity contribution >= 4 is 11.3 Å². The molecular formula is C15H19NO2S. The van der Waals surface area contributed by atoms with Crippen molar-refractivity contribution in [3.05, 3.63) is 46.7 Å². The van der Waals surface area contributed by atoms with Gasteiger partial charge in [-0.1, -0.05) is 12.1 Å². The first-order valence-corrected chi connectivity index (χ1v) is 7.32. The first-order chi connectivity index (χ1) is 9.40. The first-order valence-electron chi connectivity index (χ1n) is 6.38. The quantitative estimate of drug-likeness (QED) is 0.753. The normalized spacial score (nSPS) is 10.4. The second-order valence-electron chi connectivity index (χ2n) is 4.13. The van der Waals surface area contributed by atoms with E-state index in [1.807, 2.05) is 24.3 Å². The van der Waals surface area contributed by atoms with E-state index in [0.717, 1.165) is 31.0 Å². The molecule has 0 saturated heterocycles. The van der Waals surface area contributed by atoms with Crippen LogP contribution in [0.25, 0.3) is 0 Å². The van der Waals surface area contributed by atoms with Gasteiger partial charge in [0.05, 0.1) is 7.11 Å². The molecule has 0 radical (unpaired) electrons. The molecule has 2 rings (SSSR count). The molecule has 0 fully saturated rings. The van der Waals surface area contributed by atoms with Gasteiger partial charge in [-0.05, 0) is 47.5 Å². The minimum atomic E-state index is 0.643. The second-order valence-corrected chi connectivity index (χ2v) is 4.91. The minimum absolute atomic E-state index is 0.643. The molecule has 0 atom stereocenters. The summed E-state index contributed by atoms with van der Waals surface area (Å²) in [6.07, 6.45) is 1.07. The molecule has 0 unspecified atom stereocenters. The van der Waals surface area contributed by atoms with Gasteiger partial charge in [-0.3, -0.25) is 0 Å². The summed E-state index contributed by atoms with van der Waals surface area (Å²) in [6, 6.07) is 9.87. The molecule has 4 heteroatoms. The Bertz CT molecular complexity index is 471. The van der Waals surface area contributed by atoms with Crippen LogP contribution in [-0.2, 0) is 6.42 Å². The van der Waals surface area contributed by atoms with Crippen LogP contribution in [0.1, 0.15) is 5.56 Å². The number of hydrogen-bond acceptors (Lipinski definition) is 4. The number of methoxy groups -OCH3 is 1. The maximum atomic E-state index is 5.68. The zero-order chi connectivity index (χ0) is 13.3. The summed E-state index contributed by atoms with van der Waals surface area (Å²) in [7, 11) is 1.65. The van der Waals surface area contributed by atoms with Crippen molar-refractivity contribution < 1.29 is 9.47 Å². The number of ether oxygens (including phenoxy) is 2. The average molecular weight is 277 g/mol. The number of nitrogens with one attached hydrogen (secondary N) is 1. The Morgan fingerprint density at radius 2 is 1.95 bits per heavy atom. The van der Waals surface area contributed by atoms with E-state index < -0.39 is 0 Å². The van der Waals surface area contributed by atoms with Gasteiger partial charge in [0.2, 0.25) is 0 Å². The standard InChI is InChI=1S/C15H19NO2S/c1-17-14-4-2-3-5-15(14)18-10-9-16-8-6-13-7-11-19-12-13/h2-5,7,11-12,16H,6,8-10H2,1H3. The highest BCUT2D eigenvalue weighted by Gasteiger charge is 2.01. The molecule has 0 aliphatic heterocycles. The molecule has 0 spiro atoms. The van der Waals surface area contributed by atoms with Crippen molar-refractivity contribution in [1.29, 1.82) is 0 Å². The summed E-state index contributed by atoms with van der Waals surface area (Å²) in [4.78, 5) is 0. The van der Waals surface area contributed by atoms with Crippen LogP contribution in [0.2, 0.25) is 0 Å². The molecule has 0 aliphatic rings. The zero-order valence-electron chi connectivity index (χ0n) is 11.1. The molecule has 0 amide bonds. The Morgan fingerprint density at radius 3 is 2.68 bits per heavy atom. The van der Waals surface area contributed by atoms with E-state index in [1.165, 1.54) is 5.56 Å². The molecule has 102 valence electrons. The molecule has 3 nitrogen and oxygen atoms in total. The number of benzene rings is 1. The number of hydrogen-bond donors (Lipinski definition) is 1. The minimum Gasteiger partial charge on any atom is -0.493 e. The largest absolute Gasteiger partial charge is 0.493 e. The summed E-state index contributed by atoms with van der Waals surface area (Å²) < 4.78 is 10.9. The van der Waals surface area contributed by atoms with E-state index >= 15 is 0 Å².